The zero-order valence-corrected chi connectivity index (χ0v) is 19.8. The fourth-order valence-corrected chi connectivity index (χ4v) is 3.34. The van der Waals surface area contributed by atoms with E-state index in [9.17, 15) is 39.3 Å². The summed E-state index contributed by atoms with van der Waals surface area (Å²) in [6, 6.07) is 0.197. The van der Waals surface area contributed by atoms with Crippen molar-refractivity contribution in [2.75, 3.05) is 18.6 Å². The minimum Gasteiger partial charge on any atom is -0.508 e. The van der Waals surface area contributed by atoms with Gasteiger partial charge in [0.25, 0.3) is 0 Å². The van der Waals surface area contributed by atoms with E-state index in [0.29, 0.717) is 11.3 Å². The molecule has 0 spiro atoms. The molecule has 1 aromatic rings. The number of rotatable bonds is 15. The number of carboxylic acid groups (broad SMARTS) is 2. The molecule has 0 saturated carbocycles. The highest BCUT2D eigenvalue weighted by atomic mass is 32.2. The number of aromatic hydroxyl groups is 1. The molecule has 0 fully saturated rings. The van der Waals surface area contributed by atoms with E-state index in [4.69, 9.17) is 10.8 Å². The van der Waals surface area contributed by atoms with Crippen LogP contribution in [0.25, 0.3) is 0 Å². The molecule has 0 bridgehead atoms. The molecule has 4 atom stereocenters. The first-order valence-corrected chi connectivity index (χ1v) is 11.9. The summed E-state index contributed by atoms with van der Waals surface area (Å²) in [4.78, 5) is 59.9. The highest BCUT2D eigenvalue weighted by Gasteiger charge is 2.30. The van der Waals surface area contributed by atoms with Crippen LogP contribution < -0.4 is 21.7 Å². The van der Waals surface area contributed by atoms with E-state index in [1.54, 1.807) is 6.26 Å². The average Bonchev–Trinajstić information content (AvgIpc) is 2.79. The van der Waals surface area contributed by atoms with Crippen molar-refractivity contribution in [3.8, 4) is 5.75 Å². The van der Waals surface area contributed by atoms with Gasteiger partial charge in [-0.05, 0) is 36.1 Å². The number of carboxylic acids is 2. The number of carbonyl (C=O) groups excluding carboxylic acids is 3. The van der Waals surface area contributed by atoms with E-state index < -0.39 is 66.9 Å². The molecule has 1 rings (SSSR count). The summed E-state index contributed by atoms with van der Waals surface area (Å²) in [6.45, 7) is -0.856. The average molecular weight is 515 g/mol. The van der Waals surface area contributed by atoms with Crippen LogP contribution in [0.1, 0.15) is 18.4 Å². The molecule has 3 amide bonds. The minimum absolute atomic E-state index is 0.0141. The fraction of sp³-hybridized carbons (Fsp3) is 0.476. The van der Waals surface area contributed by atoms with Crippen molar-refractivity contribution in [3.05, 3.63) is 29.8 Å². The number of aliphatic hydroxyl groups excluding tert-OH is 1. The molecule has 14 heteroatoms. The molecule has 0 radical (unpaired) electrons. The van der Waals surface area contributed by atoms with Crippen LogP contribution >= 0.6 is 11.8 Å². The molecule has 9 N–H and O–H groups in total. The van der Waals surface area contributed by atoms with Crippen molar-refractivity contribution >= 4 is 41.4 Å². The van der Waals surface area contributed by atoms with Gasteiger partial charge in [0.05, 0.1) is 19.1 Å². The van der Waals surface area contributed by atoms with Crippen LogP contribution in [0.2, 0.25) is 0 Å². The lowest BCUT2D eigenvalue weighted by atomic mass is 10.1. The Morgan fingerprint density at radius 2 is 1.46 bits per heavy atom. The minimum atomic E-state index is -1.52. The van der Waals surface area contributed by atoms with Gasteiger partial charge in [-0.25, -0.2) is 4.79 Å². The van der Waals surface area contributed by atoms with Gasteiger partial charge in [0.1, 0.15) is 23.9 Å². The number of thioether (sulfide) groups is 1. The Morgan fingerprint density at radius 3 is 1.97 bits per heavy atom. The predicted octanol–water partition coefficient (Wildman–Crippen LogP) is -1.98. The highest BCUT2D eigenvalue weighted by molar-refractivity contribution is 7.98. The van der Waals surface area contributed by atoms with E-state index in [1.165, 1.54) is 36.0 Å². The molecule has 1 aromatic carbocycles. The quantitative estimate of drug-likeness (QED) is 0.128. The summed E-state index contributed by atoms with van der Waals surface area (Å²) in [5, 5.41) is 44.0. The molecule has 35 heavy (non-hydrogen) atoms. The summed E-state index contributed by atoms with van der Waals surface area (Å²) in [5.74, 6) is -4.92. The van der Waals surface area contributed by atoms with Crippen LogP contribution in [0, 0.1) is 0 Å². The normalized spacial score (nSPS) is 14.1. The first kappa shape index (κ1) is 29.7. The summed E-state index contributed by atoms with van der Waals surface area (Å²) in [7, 11) is 0. The van der Waals surface area contributed by atoms with Gasteiger partial charge in [-0.1, -0.05) is 12.1 Å². The van der Waals surface area contributed by atoms with Gasteiger partial charge in [0, 0.05) is 6.42 Å². The molecule has 0 heterocycles. The maximum atomic E-state index is 12.7. The smallest absolute Gasteiger partial charge is 0.326 e. The summed E-state index contributed by atoms with van der Waals surface area (Å²) < 4.78 is 0. The number of phenolic OH excluding ortho intramolecular Hbond substituents is 1. The Labute approximate surface area is 205 Å². The lowest BCUT2D eigenvalue weighted by Gasteiger charge is -2.24. The Balaban J connectivity index is 2.86. The predicted molar refractivity (Wildman–Crippen MR) is 126 cm³/mol. The number of benzene rings is 1. The Morgan fingerprint density at radius 1 is 0.914 bits per heavy atom. The number of phenols is 1. The lowest BCUT2D eigenvalue weighted by molar-refractivity contribution is -0.142. The maximum absolute atomic E-state index is 12.7. The first-order chi connectivity index (χ1) is 16.5. The number of nitrogens with two attached hydrogens (primary N) is 1. The lowest BCUT2D eigenvalue weighted by Crippen LogP contribution is -2.58. The van der Waals surface area contributed by atoms with Crippen LogP contribution in [0.5, 0.6) is 5.75 Å². The van der Waals surface area contributed by atoms with E-state index in [0.717, 1.165) is 0 Å². The molecule has 0 saturated heterocycles. The highest BCUT2D eigenvalue weighted by Crippen LogP contribution is 2.11. The second-order valence-corrected chi connectivity index (χ2v) is 8.55. The number of nitrogens with one attached hydrogen (secondary N) is 3. The van der Waals surface area contributed by atoms with Gasteiger partial charge in [-0.2, -0.15) is 11.8 Å². The molecule has 0 aromatic heterocycles. The van der Waals surface area contributed by atoms with Gasteiger partial charge >= 0.3 is 11.9 Å². The Bertz CT molecular complexity index is 897. The van der Waals surface area contributed by atoms with E-state index in [1.807, 2.05) is 0 Å². The number of aliphatic hydroxyl groups is 1. The summed E-state index contributed by atoms with van der Waals surface area (Å²) in [6.07, 6.45) is 1.11. The second kappa shape index (κ2) is 14.8. The molecular formula is C21H30N4O9S. The summed E-state index contributed by atoms with van der Waals surface area (Å²) >= 11 is 1.37. The number of amides is 3. The standard InChI is InChI=1S/C21H30N4O9S/c1-35-7-6-14(23-18(30)13(22)9-17(28)29)19(31)25-16(10-26)20(32)24-15(21(33)34)8-11-2-4-12(27)5-3-11/h2-5,13-16,26-27H,6-10,22H2,1H3,(H,23,30)(H,24,32)(H,25,31)(H,28,29)(H,33,34). The number of hydrogen-bond acceptors (Lipinski definition) is 9. The van der Waals surface area contributed by atoms with Gasteiger partial charge in [0.15, 0.2) is 0 Å². The molecule has 4 unspecified atom stereocenters. The Kier molecular flexibility index (Phi) is 12.6. The van der Waals surface area contributed by atoms with Gasteiger partial charge < -0.3 is 42.1 Å². The van der Waals surface area contributed by atoms with E-state index in [-0.39, 0.29) is 18.6 Å². The van der Waals surface area contributed by atoms with Crippen molar-refractivity contribution in [2.45, 2.75) is 43.4 Å². The van der Waals surface area contributed by atoms with Crippen LogP contribution in [0.3, 0.4) is 0 Å². The molecule has 13 nitrogen and oxygen atoms in total. The monoisotopic (exact) mass is 514 g/mol. The van der Waals surface area contributed by atoms with Crippen molar-refractivity contribution in [1.29, 1.82) is 0 Å². The number of aliphatic carboxylic acids is 2. The topological polar surface area (TPSA) is 228 Å². The van der Waals surface area contributed by atoms with Crippen LogP contribution in [-0.2, 0) is 30.4 Å². The molecule has 0 aliphatic carbocycles. The van der Waals surface area contributed by atoms with E-state index >= 15 is 0 Å². The Hall–Kier alpha value is -3.36. The SMILES string of the molecule is CSCCC(NC(=O)C(N)CC(=O)O)C(=O)NC(CO)C(=O)NC(Cc1ccc(O)cc1)C(=O)O. The van der Waals surface area contributed by atoms with Crippen molar-refractivity contribution in [1.82, 2.24) is 16.0 Å². The molecule has 0 aliphatic heterocycles. The second-order valence-electron chi connectivity index (χ2n) is 7.56. The number of hydrogen-bond donors (Lipinski definition) is 8. The summed E-state index contributed by atoms with van der Waals surface area (Å²) in [5.41, 5.74) is 6.03. The van der Waals surface area contributed by atoms with Gasteiger partial charge in [0.2, 0.25) is 17.7 Å². The molecule has 0 aliphatic rings. The van der Waals surface area contributed by atoms with Crippen LogP contribution in [-0.4, -0.2) is 92.9 Å². The molecule has 194 valence electrons. The third-order valence-electron chi connectivity index (χ3n) is 4.78. The maximum Gasteiger partial charge on any atom is 0.326 e. The van der Waals surface area contributed by atoms with Gasteiger partial charge in [-0.15, -0.1) is 0 Å². The van der Waals surface area contributed by atoms with Crippen LogP contribution in [0.15, 0.2) is 24.3 Å². The number of carbonyl (C=O) groups is 5. The van der Waals surface area contributed by atoms with Crippen molar-refractivity contribution in [2.24, 2.45) is 5.73 Å². The van der Waals surface area contributed by atoms with Crippen molar-refractivity contribution in [3.63, 3.8) is 0 Å². The fourth-order valence-electron chi connectivity index (χ4n) is 2.87. The zero-order valence-electron chi connectivity index (χ0n) is 19.0. The molecular weight excluding hydrogens is 484 g/mol. The zero-order chi connectivity index (χ0) is 26.5. The largest absolute Gasteiger partial charge is 0.508 e. The van der Waals surface area contributed by atoms with Crippen molar-refractivity contribution < 1.29 is 44.4 Å². The van der Waals surface area contributed by atoms with E-state index in [2.05, 4.69) is 16.0 Å². The third kappa shape index (κ3) is 10.6. The first-order valence-electron chi connectivity index (χ1n) is 10.5. The van der Waals surface area contributed by atoms with Gasteiger partial charge in [-0.3, -0.25) is 19.2 Å². The van der Waals surface area contributed by atoms with Crippen LogP contribution in [0.4, 0.5) is 0 Å². The third-order valence-corrected chi connectivity index (χ3v) is 5.43.